The number of thiocarbonyl (C=S) groups is 1. The van der Waals surface area contributed by atoms with Crippen molar-refractivity contribution in [2.75, 3.05) is 6.54 Å². The van der Waals surface area contributed by atoms with E-state index in [9.17, 15) is 14.7 Å². The van der Waals surface area contributed by atoms with Crippen molar-refractivity contribution >= 4 is 46.3 Å². The van der Waals surface area contributed by atoms with Gasteiger partial charge in [-0.05, 0) is 11.6 Å². The number of thioether (sulfide) groups is 1. The SMILES string of the molecule is O=C([O-])CN1C(=O)/C(=C/C=C\c2ccccc2)SC1=S. The van der Waals surface area contributed by atoms with E-state index in [2.05, 4.69) is 0 Å². The number of hydrogen-bond acceptors (Lipinski definition) is 5. The molecule has 0 aromatic heterocycles. The Bertz CT molecular complexity index is 608. The number of carbonyl (C=O) groups excluding carboxylic acids is 2. The van der Waals surface area contributed by atoms with Gasteiger partial charge in [-0.15, -0.1) is 0 Å². The van der Waals surface area contributed by atoms with Crippen LogP contribution in [0.4, 0.5) is 0 Å². The molecular weight excluding hydrogens is 294 g/mol. The van der Waals surface area contributed by atoms with E-state index in [4.69, 9.17) is 12.2 Å². The molecule has 0 unspecified atom stereocenters. The number of allylic oxidation sites excluding steroid dienone is 2. The minimum atomic E-state index is -1.33. The van der Waals surface area contributed by atoms with Crippen LogP contribution in [0.3, 0.4) is 0 Å². The Morgan fingerprint density at radius 1 is 1.35 bits per heavy atom. The third-order valence-corrected chi connectivity index (χ3v) is 3.89. The van der Waals surface area contributed by atoms with Gasteiger partial charge in [0.25, 0.3) is 5.91 Å². The number of amides is 1. The van der Waals surface area contributed by atoms with Crippen molar-refractivity contribution in [2.45, 2.75) is 0 Å². The molecule has 0 aliphatic carbocycles. The van der Waals surface area contributed by atoms with Gasteiger partial charge < -0.3 is 9.90 Å². The first-order valence-electron chi connectivity index (χ1n) is 5.75. The maximum Gasteiger partial charge on any atom is 0.266 e. The van der Waals surface area contributed by atoms with Gasteiger partial charge in [-0.2, -0.15) is 0 Å². The van der Waals surface area contributed by atoms with Crippen LogP contribution in [0.5, 0.6) is 0 Å². The van der Waals surface area contributed by atoms with Crippen LogP contribution in [0.2, 0.25) is 0 Å². The second-order valence-corrected chi connectivity index (χ2v) is 5.61. The normalized spacial score (nSPS) is 17.4. The van der Waals surface area contributed by atoms with E-state index in [1.165, 1.54) is 0 Å². The first-order valence-corrected chi connectivity index (χ1v) is 6.97. The third kappa shape index (κ3) is 3.55. The highest BCUT2D eigenvalue weighted by Gasteiger charge is 2.31. The topological polar surface area (TPSA) is 60.4 Å². The van der Waals surface area contributed by atoms with Gasteiger partial charge in [0.15, 0.2) is 0 Å². The third-order valence-electron chi connectivity index (χ3n) is 2.50. The molecule has 4 nitrogen and oxygen atoms in total. The van der Waals surface area contributed by atoms with Crippen LogP contribution in [0.15, 0.2) is 47.4 Å². The van der Waals surface area contributed by atoms with Gasteiger partial charge in [0.05, 0.1) is 17.4 Å². The molecule has 1 saturated heterocycles. The van der Waals surface area contributed by atoms with Gasteiger partial charge >= 0.3 is 0 Å². The smallest absolute Gasteiger partial charge is 0.266 e. The Kier molecular flexibility index (Phi) is 4.70. The number of carboxylic acid groups (broad SMARTS) is 1. The van der Waals surface area contributed by atoms with Crippen LogP contribution < -0.4 is 5.11 Å². The van der Waals surface area contributed by atoms with E-state index >= 15 is 0 Å². The fourth-order valence-electron chi connectivity index (χ4n) is 1.59. The fraction of sp³-hybridized carbons (Fsp3) is 0.0714. The molecule has 102 valence electrons. The molecule has 1 heterocycles. The first-order chi connectivity index (χ1) is 9.58. The van der Waals surface area contributed by atoms with Crippen LogP contribution >= 0.6 is 24.0 Å². The summed E-state index contributed by atoms with van der Waals surface area (Å²) in [6.45, 7) is -0.510. The Morgan fingerprint density at radius 2 is 2.05 bits per heavy atom. The Balaban J connectivity index is 2.08. The highest BCUT2D eigenvalue weighted by Crippen LogP contribution is 2.30. The summed E-state index contributed by atoms with van der Waals surface area (Å²) >= 11 is 6.05. The van der Waals surface area contributed by atoms with E-state index in [1.54, 1.807) is 12.2 Å². The lowest BCUT2D eigenvalue weighted by Gasteiger charge is -2.14. The molecular formula is C14H10NO3S2-. The molecule has 1 aliphatic rings. The number of rotatable bonds is 4. The molecule has 0 atom stereocenters. The van der Waals surface area contributed by atoms with Gasteiger partial charge in [-0.3, -0.25) is 9.69 Å². The summed E-state index contributed by atoms with van der Waals surface area (Å²) in [6, 6.07) is 9.62. The lowest BCUT2D eigenvalue weighted by atomic mass is 10.2. The summed E-state index contributed by atoms with van der Waals surface area (Å²) in [4.78, 5) is 23.9. The maximum absolute atomic E-state index is 11.9. The molecule has 0 radical (unpaired) electrons. The standard InChI is InChI=1S/C14H11NO3S2/c16-12(17)9-15-13(18)11(20-14(15)19)8-4-7-10-5-2-1-3-6-10/h1-8H,9H2,(H,16,17)/p-1/b7-4-,11-8-. The Labute approximate surface area is 125 Å². The van der Waals surface area contributed by atoms with Crippen LogP contribution in [-0.2, 0) is 9.59 Å². The minimum absolute atomic E-state index is 0.235. The van der Waals surface area contributed by atoms with Crippen LogP contribution in [0, 0.1) is 0 Å². The molecule has 1 aromatic carbocycles. The van der Waals surface area contributed by atoms with Crippen LogP contribution in [-0.4, -0.2) is 27.6 Å². The lowest BCUT2D eigenvalue weighted by Crippen LogP contribution is -2.40. The molecule has 0 saturated carbocycles. The van der Waals surface area contributed by atoms with Gasteiger partial charge in [0.1, 0.15) is 4.32 Å². The minimum Gasteiger partial charge on any atom is -0.548 e. The monoisotopic (exact) mass is 304 g/mol. The number of aliphatic carboxylic acids is 1. The van der Waals surface area contributed by atoms with E-state index in [-0.39, 0.29) is 4.32 Å². The van der Waals surface area contributed by atoms with Gasteiger partial charge in [0.2, 0.25) is 0 Å². The van der Waals surface area contributed by atoms with Crippen molar-refractivity contribution in [1.82, 2.24) is 4.90 Å². The average Bonchev–Trinajstić information content (AvgIpc) is 2.67. The summed E-state index contributed by atoms with van der Waals surface area (Å²) in [6.07, 6.45) is 5.22. The molecule has 0 spiro atoms. The van der Waals surface area contributed by atoms with Gasteiger partial charge in [-0.1, -0.05) is 66.5 Å². The van der Waals surface area contributed by atoms with Crippen LogP contribution in [0.25, 0.3) is 6.08 Å². The highest BCUT2D eigenvalue weighted by molar-refractivity contribution is 8.26. The van der Waals surface area contributed by atoms with Gasteiger partial charge in [-0.25, -0.2) is 0 Å². The molecule has 2 rings (SSSR count). The van der Waals surface area contributed by atoms with E-state index in [0.717, 1.165) is 22.2 Å². The molecule has 0 bridgehead atoms. The maximum atomic E-state index is 11.9. The van der Waals surface area contributed by atoms with E-state index < -0.39 is 18.4 Å². The lowest BCUT2D eigenvalue weighted by molar-refractivity contribution is -0.305. The van der Waals surface area contributed by atoms with Crippen molar-refractivity contribution in [3.8, 4) is 0 Å². The first kappa shape index (κ1) is 14.5. The zero-order valence-corrected chi connectivity index (χ0v) is 11.9. The Hall–Kier alpha value is -1.92. The number of carboxylic acids is 1. The molecule has 1 aromatic rings. The van der Waals surface area contributed by atoms with Crippen molar-refractivity contribution in [1.29, 1.82) is 0 Å². The summed E-state index contributed by atoms with van der Waals surface area (Å²) in [7, 11) is 0. The van der Waals surface area contributed by atoms with Crippen molar-refractivity contribution in [3.63, 3.8) is 0 Å². The molecule has 6 heteroatoms. The van der Waals surface area contributed by atoms with Crippen molar-refractivity contribution in [3.05, 3.63) is 53.0 Å². The zero-order chi connectivity index (χ0) is 14.5. The Morgan fingerprint density at radius 3 is 2.70 bits per heavy atom. The number of carbonyl (C=O) groups is 2. The molecule has 1 fully saturated rings. The van der Waals surface area contributed by atoms with Crippen molar-refractivity contribution < 1.29 is 14.7 Å². The summed E-state index contributed by atoms with van der Waals surface area (Å²) in [5.41, 5.74) is 1.01. The average molecular weight is 304 g/mol. The fourth-order valence-corrected chi connectivity index (χ4v) is 2.80. The summed E-state index contributed by atoms with van der Waals surface area (Å²) in [5, 5.41) is 10.5. The molecule has 20 heavy (non-hydrogen) atoms. The second-order valence-electron chi connectivity index (χ2n) is 3.93. The number of nitrogens with zero attached hydrogens (tertiary/aromatic N) is 1. The largest absolute Gasteiger partial charge is 0.548 e. The second kappa shape index (κ2) is 6.49. The molecule has 1 amide bonds. The highest BCUT2D eigenvalue weighted by atomic mass is 32.2. The summed E-state index contributed by atoms with van der Waals surface area (Å²) < 4.78 is 0.235. The number of hydrogen-bond donors (Lipinski definition) is 0. The van der Waals surface area contributed by atoms with Crippen LogP contribution in [0.1, 0.15) is 5.56 Å². The van der Waals surface area contributed by atoms with E-state index in [1.807, 2.05) is 36.4 Å². The molecule has 1 aliphatic heterocycles. The predicted octanol–water partition coefficient (Wildman–Crippen LogP) is 1.19. The van der Waals surface area contributed by atoms with Gasteiger partial charge in [0, 0.05) is 0 Å². The zero-order valence-electron chi connectivity index (χ0n) is 10.3. The summed E-state index contributed by atoms with van der Waals surface area (Å²) in [5.74, 6) is -1.73. The van der Waals surface area contributed by atoms with E-state index in [0.29, 0.717) is 4.91 Å². The number of benzene rings is 1. The quantitative estimate of drug-likeness (QED) is 0.618. The van der Waals surface area contributed by atoms with Crippen molar-refractivity contribution in [2.24, 2.45) is 0 Å². The molecule has 0 N–H and O–H groups in total. The predicted molar refractivity (Wildman–Crippen MR) is 80.5 cm³/mol.